The van der Waals surface area contributed by atoms with Crippen molar-refractivity contribution in [2.75, 3.05) is 18.6 Å². The Morgan fingerprint density at radius 1 is 1.33 bits per heavy atom. The normalized spacial score (nSPS) is 21.5. The summed E-state index contributed by atoms with van der Waals surface area (Å²) in [6.07, 6.45) is 5.49. The molecule has 0 radical (unpaired) electrons. The van der Waals surface area contributed by atoms with E-state index >= 15 is 0 Å². The van der Waals surface area contributed by atoms with Crippen LogP contribution in [-0.2, 0) is 23.0 Å². The number of anilines is 1. The van der Waals surface area contributed by atoms with Crippen molar-refractivity contribution < 1.29 is 14.3 Å². The summed E-state index contributed by atoms with van der Waals surface area (Å²) in [5.74, 6) is 0.153. The maximum atomic E-state index is 12.8. The molecule has 2 atom stereocenters. The second-order valence-electron chi connectivity index (χ2n) is 6.47. The highest BCUT2D eigenvalue weighted by atomic mass is 16.5. The van der Waals surface area contributed by atoms with Gasteiger partial charge in [-0.1, -0.05) is 0 Å². The second-order valence-corrected chi connectivity index (χ2v) is 6.47. The molecule has 0 unspecified atom stereocenters. The zero-order chi connectivity index (χ0) is 16.8. The van der Waals surface area contributed by atoms with E-state index in [9.17, 15) is 9.59 Å². The molecule has 2 heterocycles. The summed E-state index contributed by atoms with van der Waals surface area (Å²) in [7, 11) is 3.26. The van der Waals surface area contributed by atoms with Gasteiger partial charge < -0.3 is 9.64 Å². The summed E-state index contributed by atoms with van der Waals surface area (Å²) in [6, 6.07) is 5.41. The molecule has 6 nitrogen and oxygen atoms in total. The van der Waals surface area contributed by atoms with Gasteiger partial charge in [-0.15, -0.1) is 0 Å². The Bertz CT molecular complexity index is 827. The highest BCUT2D eigenvalue weighted by Crippen LogP contribution is 2.49. The van der Waals surface area contributed by atoms with Gasteiger partial charge in [0, 0.05) is 31.4 Å². The summed E-state index contributed by atoms with van der Waals surface area (Å²) < 4.78 is 6.53. The lowest BCUT2D eigenvalue weighted by Gasteiger charge is -2.17. The van der Waals surface area contributed by atoms with E-state index in [1.165, 1.54) is 7.11 Å². The molecule has 6 heteroatoms. The van der Waals surface area contributed by atoms with Gasteiger partial charge in [0.25, 0.3) is 0 Å². The smallest absolute Gasteiger partial charge is 0.337 e. The number of amides is 1. The number of hydrogen-bond acceptors (Lipinski definition) is 4. The number of aryl methyl sites for hydroxylation is 1. The van der Waals surface area contributed by atoms with Crippen molar-refractivity contribution in [3.05, 3.63) is 47.3 Å². The lowest BCUT2D eigenvalue weighted by Crippen LogP contribution is -2.30. The Kier molecular flexibility index (Phi) is 3.40. The van der Waals surface area contributed by atoms with Gasteiger partial charge in [-0.05, 0) is 48.1 Å². The SMILES string of the molecule is COC(=O)c1ccc2c(c1)CCN2C(=O)[C@H]1C[C@@H]1c1cnn(C)c1. The lowest BCUT2D eigenvalue weighted by atomic mass is 10.1. The number of ether oxygens (including phenoxy) is 1. The summed E-state index contributed by atoms with van der Waals surface area (Å²) in [5.41, 5.74) is 3.62. The Hall–Kier alpha value is -2.63. The molecule has 124 valence electrons. The number of methoxy groups -OCH3 is 1. The molecule has 1 fully saturated rings. The number of hydrogen-bond donors (Lipinski definition) is 0. The third-order valence-corrected chi connectivity index (χ3v) is 4.92. The number of carbonyl (C=O) groups is 2. The fourth-order valence-electron chi connectivity index (χ4n) is 3.54. The van der Waals surface area contributed by atoms with Gasteiger partial charge in [0.05, 0.1) is 18.9 Å². The van der Waals surface area contributed by atoms with Gasteiger partial charge >= 0.3 is 5.97 Å². The lowest BCUT2D eigenvalue weighted by molar-refractivity contribution is -0.119. The van der Waals surface area contributed by atoms with Gasteiger partial charge in [0.15, 0.2) is 0 Å². The highest BCUT2D eigenvalue weighted by molar-refractivity contribution is 6.00. The summed E-state index contributed by atoms with van der Waals surface area (Å²) in [4.78, 5) is 26.3. The molecule has 4 rings (SSSR count). The van der Waals surface area contributed by atoms with Crippen molar-refractivity contribution in [2.24, 2.45) is 13.0 Å². The van der Waals surface area contributed by atoms with E-state index in [0.29, 0.717) is 12.1 Å². The molecule has 1 aromatic heterocycles. The maximum absolute atomic E-state index is 12.8. The van der Waals surface area contributed by atoms with E-state index in [2.05, 4.69) is 5.10 Å². The summed E-state index contributed by atoms with van der Waals surface area (Å²) >= 11 is 0. The molecule has 2 aromatic rings. The summed E-state index contributed by atoms with van der Waals surface area (Å²) in [6.45, 7) is 0.676. The van der Waals surface area contributed by atoms with Crippen LogP contribution >= 0.6 is 0 Å². The van der Waals surface area contributed by atoms with Crippen LogP contribution < -0.4 is 4.90 Å². The molecule has 1 aliphatic heterocycles. The standard InChI is InChI=1S/C18H19N3O3/c1-20-10-13(9-19-20)14-8-15(14)17(22)21-6-5-11-7-12(18(23)24-2)3-4-16(11)21/h3-4,7,9-10,14-15H,5-6,8H2,1-2H3/t14-,15+/m1/s1. The number of aromatic nitrogens is 2. The van der Waals surface area contributed by atoms with Crippen molar-refractivity contribution in [2.45, 2.75) is 18.8 Å². The third-order valence-electron chi connectivity index (χ3n) is 4.92. The van der Waals surface area contributed by atoms with Gasteiger partial charge in [0.2, 0.25) is 5.91 Å². The second kappa shape index (κ2) is 5.47. The average Bonchev–Trinajstić information content (AvgIpc) is 3.09. The maximum Gasteiger partial charge on any atom is 0.337 e. The van der Waals surface area contributed by atoms with Crippen molar-refractivity contribution in [1.29, 1.82) is 0 Å². The molecule has 0 saturated heterocycles. The van der Waals surface area contributed by atoms with E-state index in [-0.39, 0.29) is 23.7 Å². The number of benzene rings is 1. The fraction of sp³-hybridized carbons (Fsp3) is 0.389. The van der Waals surface area contributed by atoms with E-state index in [4.69, 9.17) is 4.74 Å². The molecular formula is C18H19N3O3. The first-order valence-corrected chi connectivity index (χ1v) is 8.09. The fourth-order valence-corrected chi connectivity index (χ4v) is 3.54. The number of nitrogens with zero attached hydrogens (tertiary/aromatic N) is 3. The monoisotopic (exact) mass is 325 g/mol. The Labute approximate surface area is 140 Å². The Balaban J connectivity index is 1.51. The van der Waals surface area contributed by atoms with Crippen LogP contribution in [0.15, 0.2) is 30.6 Å². The minimum absolute atomic E-state index is 0.0421. The van der Waals surface area contributed by atoms with Crippen LogP contribution in [0.4, 0.5) is 5.69 Å². The topological polar surface area (TPSA) is 64.4 Å². The van der Waals surface area contributed by atoms with E-state index in [1.54, 1.807) is 10.7 Å². The van der Waals surface area contributed by atoms with Crippen LogP contribution in [0.3, 0.4) is 0 Å². The molecule has 1 aromatic carbocycles. The van der Waals surface area contributed by atoms with E-state index < -0.39 is 0 Å². The summed E-state index contributed by atoms with van der Waals surface area (Å²) in [5, 5.41) is 4.19. The highest BCUT2D eigenvalue weighted by Gasteiger charge is 2.47. The van der Waals surface area contributed by atoms with Crippen LogP contribution in [-0.4, -0.2) is 35.3 Å². The van der Waals surface area contributed by atoms with Crippen LogP contribution in [0.25, 0.3) is 0 Å². The molecule has 2 aliphatic rings. The number of esters is 1. The molecule has 1 aliphatic carbocycles. The Morgan fingerprint density at radius 2 is 2.17 bits per heavy atom. The third kappa shape index (κ3) is 2.38. The van der Waals surface area contributed by atoms with Crippen LogP contribution in [0.2, 0.25) is 0 Å². The molecular weight excluding hydrogens is 306 g/mol. The predicted octanol–water partition coefficient (Wildman–Crippen LogP) is 1.90. The van der Waals surface area contributed by atoms with Gasteiger partial charge in [0.1, 0.15) is 0 Å². The minimum atomic E-state index is -0.346. The number of rotatable bonds is 3. The number of fused-ring (bicyclic) bond motifs is 1. The zero-order valence-corrected chi connectivity index (χ0v) is 13.7. The molecule has 0 spiro atoms. The average molecular weight is 325 g/mol. The predicted molar refractivity (Wildman–Crippen MR) is 87.9 cm³/mol. The molecule has 0 N–H and O–H groups in total. The molecule has 1 amide bonds. The quantitative estimate of drug-likeness (QED) is 0.809. The number of carbonyl (C=O) groups excluding carboxylic acids is 2. The largest absolute Gasteiger partial charge is 0.465 e. The van der Waals surface area contributed by atoms with Crippen molar-refractivity contribution in [3.8, 4) is 0 Å². The van der Waals surface area contributed by atoms with Crippen molar-refractivity contribution >= 4 is 17.6 Å². The van der Waals surface area contributed by atoms with E-state index in [1.807, 2.05) is 36.5 Å². The van der Waals surface area contributed by atoms with Gasteiger partial charge in [-0.25, -0.2) is 4.79 Å². The first-order valence-electron chi connectivity index (χ1n) is 8.09. The van der Waals surface area contributed by atoms with Crippen LogP contribution in [0, 0.1) is 5.92 Å². The molecule has 1 saturated carbocycles. The Morgan fingerprint density at radius 3 is 2.88 bits per heavy atom. The van der Waals surface area contributed by atoms with Gasteiger partial charge in [-0.3, -0.25) is 9.48 Å². The van der Waals surface area contributed by atoms with E-state index in [0.717, 1.165) is 29.7 Å². The first kappa shape index (κ1) is 14.9. The zero-order valence-electron chi connectivity index (χ0n) is 13.7. The minimum Gasteiger partial charge on any atom is -0.465 e. The van der Waals surface area contributed by atoms with Gasteiger partial charge in [-0.2, -0.15) is 5.10 Å². The van der Waals surface area contributed by atoms with Crippen LogP contribution in [0.5, 0.6) is 0 Å². The molecule has 24 heavy (non-hydrogen) atoms. The first-order chi connectivity index (χ1) is 11.6. The van der Waals surface area contributed by atoms with Crippen molar-refractivity contribution in [1.82, 2.24) is 9.78 Å². The molecule has 0 bridgehead atoms. The van der Waals surface area contributed by atoms with Crippen molar-refractivity contribution in [3.63, 3.8) is 0 Å². The van der Waals surface area contributed by atoms with Crippen LogP contribution in [0.1, 0.15) is 33.8 Å².